The second-order valence-electron chi connectivity index (χ2n) is 5.93. The molecule has 2 aromatic rings. The minimum Gasteiger partial charge on any atom is -0.508 e. The zero-order valence-corrected chi connectivity index (χ0v) is 13.9. The van der Waals surface area contributed by atoms with Gasteiger partial charge in [0.15, 0.2) is 0 Å². The fraction of sp³-hybridized carbons (Fsp3) is 0.316. The van der Waals surface area contributed by atoms with Crippen LogP contribution in [0.15, 0.2) is 48.5 Å². The van der Waals surface area contributed by atoms with Crippen LogP contribution in [0.2, 0.25) is 0 Å². The van der Waals surface area contributed by atoms with Crippen molar-refractivity contribution >= 4 is 5.91 Å². The SMILES string of the molecule is Cc1ccccc1[C@@H](C(=O)NCCc1ccc(O)cc1)N(C)C. The second kappa shape index (κ2) is 7.79. The van der Waals surface area contributed by atoms with Crippen LogP contribution in [-0.2, 0) is 11.2 Å². The monoisotopic (exact) mass is 312 g/mol. The number of benzene rings is 2. The Morgan fingerprint density at radius 1 is 1.13 bits per heavy atom. The van der Waals surface area contributed by atoms with Crippen molar-refractivity contribution in [3.05, 3.63) is 65.2 Å². The van der Waals surface area contributed by atoms with Gasteiger partial charge in [0.05, 0.1) is 0 Å². The molecule has 122 valence electrons. The summed E-state index contributed by atoms with van der Waals surface area (Å²) in [5.74, 6) is 0.257. The van der Waals surface area contributed by atoms with Gasteiger partial charge in [-0.2, -0.15) is 0 Å². The van der Waals surface area contributed by atoms with Crippen molar-refractivity contribution in [3.63, 3.8) is 0 Å². The summed E-state index contributed by atoms with van der Waals surface area (Å²) in [4.78, 5) is 14.5. The number of carbonyl (C=O) groups is 1. The molecule has 0 aliphatic heterocycles. The van der Waals surface area contributed by atoms with Gasteiger partial charge in [0, 0.05) is 6.54 Å². The number of phenolic OH excluding ortho intramolecular Hbond substituents is 1. The molecule has 0 saturated carbocycles. The molecule has 0 aromatic heterocycles. The maximum Gasteiger partial charge on any atom is 0.241 e. The minimum atomic E-state index is -0.295. The summed E-state index contributed by atoms with van der Waals surface area (Å²) in [7, 11) is 3.83. The van der Waals surface area contributed by atoms with Crippen LogP contribution in [0.1, 0.15) is 22.7 Å². The Balaban J connectivity index is 1.99. The van der Waals surface area contributed by atoms with Gasteiger partial charge in [-0.1, -0.05) is 36.4 Å². The lowest BCUT2D eigenvalue weighted by Crippen LogP contribution is -2.38. The number of phenols is 1. The maximum atomic E-state index is 12.6. The molecule has 0 heterocycles. The molecular weight excluding hydrogens is 288 g/mol. The van der Waals surface area contributed by atoms with Gasteiger partial charge in [0.2, 0.25) is 5.91 Å². The number of carbonyl (C=O) groups excluding carboxylic acids is 1. The van der Waals surface area contributed by atoms with Crippen molar-refractivity contribution in [2.75, 3.05) is 20.6 Å². The predicted octanol–water partition coefficient (Wildman–Crippen LogP) is 2.66. The number of nitrogens with zero attached hydrogens (tertiary/aromatic N) is 1. The van der Waals surface area contributed by atoms with Crippen molar-refractivity contribution in [2.24, 2.45) is 0 Å². The summed E-state index contributed by atoms with van der Waals surface area (Å²) in [5, 5.41) is 12.3. The molecule has 1 amide bonds. The third-order valence-corrected chi connectivity index (χ3v) is 3.90. The van der Waals surface area contributed by atoms with E-state index >= 15 is 0 Å². The van der Waals surface area contributed by atoms with E-state index in [1.807, 2.05) is 62.3 Å². The Labute approximate surface area is 137 Å². The van der Waals surface area contributed by atoms with E-state index in [0.29, 0.717) is 6.54 Å². The number of aromatic hydroxyl groups is 1. The number of aryl methyl sites for hydroxylation is 1. The molecule has 0 saturated heterocycles. The molecule has 0 unspecified atom stereocenters. The molecule has 2 N–H and O–H groups in total. The standard InChI is InChI=1S/C19H24N2O2/c1-14-6-4-5-7-17(14)18(21(2)3)19(23)20-13-12-15-8-10-16(22)11-9-15/h4-11,18,22H,12-13H2,1-3H3,(H,20,23)/t18-/m0/s1. The summed E-state index contributed by atoms with van der Waals surface area (Å²) in [6.45, 7) is 2.59. The normalized spacial score (nSPS) is 12.2. The summed E-state index contributed by atoms with van der Waals surface area (Å²) in [6, 6.07) is 14.7. The first-order valence-corrected chi connectivity index (χ1v) is 7.76. The van der Waals surface area contributed by atoms with Crippen molar-refractivity contribution in [3.8, 4) is 5.75 Å². The van der Waals surface area contributed by atoms with Gasteiger partial charge < -0.3 is 10.4 Å². The van der Waals surface area contributed by atoms with Crippen molar-refractivity contribution in [2.45, 2.75) is 19.4 Å². The van der Waals surface area contributed by atoms with E-state index in [2.05, 4.69) is 5.32 Å². The van der Waals surface area contributed by atoms with Gasteiger partial charge in [-0.3, -0.25) is 9.69 Å². The smallest absolute Gasteiger partial charge is 0.241 e. The van der Waals surface area contributed by atoms with Crippen LogP contribution in [0.3, 0.4) is 0 Å². The minimum absolute atomic E-state index is 0.00285. The largest absolute Gasteiger partial charge is 0.508 e. The van der Waals surface area contributed by atoms with Gasteiger partial charge in [-0.25, -0.2) is 0 Å². The molecule has 1 atom stereocenters. The molecule has 0 bridgehead atoms. The summed E-state index contributed by atoms with van der Waals surface area (Å²) in [6.07, 6.45) is 0.736. The van der Waals surface area contributed by atoms with E-state index in [-0.39, 0.29) is 17.7 Å². The number of rotatable bonds is 6. The lowest BCUT2D eigenvalue weighted by molar-refractivity contribution is -0.125. The Kier molecular flexibility index (Phi) is 5.77. The lowest BCUT2D eigenvalue weighted by atomic mass is 10.00. The van der Waals surface area contributed by atoms with Crippen LogP contribution in [0, 0.1) is 6.92 Å². The van der Waals surface area contributed by atoms with Crippen LogP contribution >= 0.6 is 0 Å². The highest BCUT2D eigenvalue weighted by Gasteiger charge is 2.23. The molecular formula is C19H24N2O2. The van der Waals surface area contributed by atoms with Gasteiger partial charge >= 0.3 is 0 Å². The van der Waals surface area contributed by atoms with E-state index in [1.165, 1.54) is 0 Å². The van der Waals surface area contributed by atoms with Crippen LogP contribution in [0.25, 0.3) is 0 Å². The van der Waals surface area contributed by atoms with Crippen molar-refractivity contribution in [1.29, 1.82) is 0 Å². The molecule has 4 nitrogen and oxygen atoms in total. The van der Waals surface area contributed by atoms with E-state index in [9.17, 15) is 9.90 Å². The fourth-order valence-corrected chi connectivity index (χ4v) is 2.64. The molecule has 23 heavy (non-hydrogen) atoms. The van der Waals surface area contributed by atoms with Crippen LogP contribution in [0.5, 0.6) is 5.75 Å². The van der Waals surface area contributed by atoms with E-state index in [0.717, 1.165) is 23.1 Å². The molecule has 4 heteroatoms. The Morgan fingerprint density at radius 3 is 2.39 bits per heavy atom. The van der Waals surface area contributed by atoms with Crippen molar-refractivity contribution in [1.82, 2.24) is 10.2 Å². The summed E-state index contributed by atoms with van der Waals surface area (Å²) in [5.41, 5.74) is 3.22. The Bertz CT molecular complexity index is 651. The zero-order chi connectivity index (χ0) is 16.8. The third kappa shape index (κ3) is 4.57. The Hall–Kier alpha value is -2.33. The van der Waals surface area contributed by atoms with Gasteiger partial charge in [-0.05, 0) is 56.3 Å². The number of amides is 1. The first kappa shape index (κ1) is 17.0. The molecule has 2 rings (SSSR count). The van der Waals surface area contributed by atoms with Crippen LogP contribution < -0.4 is 5.32 Å². The highest BCUT2D eigenvalue weighted by Crippen LogP contribution is 2.21. The summed E-state index contributed by atoms with van der Waals surface area (Å²) < 4.78 is 0. The average molecular weight is 312 g/mol. The molecule has 0 aliphatic carbocycles. The van der Waals surface area contributed by atoms with Crippen molar-refractivity contribution < 1.29 is 9.90 Å². The Morgan fingerprint density at radius 2 is 1.78 bits per heavy atom. The van der Waals surface area contributed by atoms with E-state index in [1.54, 1.807) is 12.1 Å². The van der Waals surface area contributed by atoms with Gasteiger partial charge in [0.25, 0.3) is 0 Å². The quantitative estimate of drug-likeness (QED) is 0.862. The van der Waals surface area contributed by atoms with E-state index < -0.39 is 0 Å². The predicted molar refractivity (Wildman–Crippen MR) is 92.4 cm³/mol. The molecule has 0 aliphatic rings. The first-order chi connectivity index (χ1) is 11.0. The average Bonchev–Trinajstić information content (AvgIpc) is 2.51. The fourth-order valence-electron chi connectivity index (χ4n) is 2.64. The topological polar surface area (TPSA) is 52.6 Å². The number of hydrogen-bond donors (Lipinski definition) is 2. The van der Waals surface area contributed by atoms with Gasteiger partial charge in [-0.15, -0.1) is 0 Å². The molecule has 0 spiro atoms. The molecule has 0 radical (unpaired) electrons. The molecule has 2 aromatic carbocycles. The van der Waals surface area contributed by atoms with Gasteiger partial charge in [0.1, 0.15) is 11.8 Å². The molecule has 0 fully saturated rings. The lowest BCUT2D eigenvalue weighted by Gasteiger charge is -2.25. The number of nitrogens with one attached hydrogen (secondary N) is 1. The highest BCUT2D eigenvalue weighted by molar-refractivity contribution is 5.83. The number of hydrogen-bond acceptors (Lipinski definition) is 3. The third-order valence-electron chi connectivity index (χ3n) is 3.90. The van der Waals surface area contributed by atoms with Crippen LogP contribution in [0.4, 0.5) is 0 Å². The first-order valence-electron chi connectivity index (χ1n) is 7.76. The zero-order valence-electron chi connectivity index (χ0n) is 13.9. The number of likely N-dealkylation sites (N-methyl/N-ethyl adjacent to an activating group) is 1. The van der Waals surface area contributed by atoms with Crippen LogP contribution in [-0.4, -0.2) is 36.6 Å². The van der Waals surface area contributed by atoms with E-state index in [4.69, 9.17) is 0 Å². The summed E-state index contributed by atoms with van der Waals surface area (Å²) >= 11 is 0. The maximum absolute atomic E-state index is 12.6. The second-order valence-corrected chi connectivity index (χ2v) is 5.93. The highest BCUT2D eigenvalue weighted by atomic mass is 16.3.